The Balaban J connectivity index is 2.60. The van der Waals surface area contributed by atoms with Crippen LogP contribution in [0.2, 0.25) is 5.02 Å². The minimum atomic E-state index is -0.425. The van der Waals surface area contributed by atoms with E-state index in [4.69, 9.17) is 23.2 Å². The van der Waals surface area contributed by atoms with Gasteiger partial charge in [-0.2, -0.15) is 0 Å². The van der Waals surface area contributed by atoms with Gasteiger partial charge in [0.2, 0.25) is 0 Å². The number of halogens is 3. The van der Waals surface area contributed by atoms with E-state index in [-0.39, 0.29) is 10.4 Å². The van der Waals surface area contributed by atoms with Gasteiger partial charge in [-0.1, -0.05) is 32.4 Å². The predicted octanol–water partition coefficient (Wildman–Crippen LogP) is 5.00. The van der Waals surface area contributed by atoms with Crippen LogP contribution < -0.4 is 0 Å². The first-order valence-electron chi connectivity index (χ1n) is 6.28. The molecule has 0 aliphatic heterocycles. The van der Waals surface area contributed by atoms with E-state index in [1.165, 1.54) is 6.07 Å². The molecule has 0 fully saturated rings. The van der Waals surface area contributed by atoms with Crippen LogP contribution in [0.25, 0.3) is 11.0 Å². The van der Waals surface area contributed by atoms with Gasteiger partial charge in [-0.05, 0) is 17.9 Å². The third kappa shape index (κ3) is 2.87. The van der Waals surface area contributed by atoms with Gasteiger partial charge in [-0.25, -0.2) is 9.37 Å². The van der Waals surface area contributed by atoms with Gasteiger partial charge in [0, 0.05) is 12.6 Å². The van der Waals surface area contributed by atoms with Gasteiger partial charge in [-0.3, -0.25) is 0 Å². The monoisotopic (exact) mass is 302 g/mol. The van der Waals surface area contributed by atoms with Crippen molar-refractivity contribution >= 4 is 34.2 Å². The van der Waals surface area contributed by atoms with Crippen molar-refractivity contribution in [2.75, 3.05) is 0 Å². The Morgan fingerprint density at radius 2 is 2.05 bits per heavy atom. The van der Waals surface area contributed by atoms with E-state index in [0.717, 1.165) is 24.3 Å². The van der Waals surface area contributed by atoms with Crippen molar-refractivity contribution in [1.29, 1.82) is 0 Å². The maximum Gasteiger partial charge on any atom is 0.144 e. The fraction of sp³-hybridized carbons (Fsp3) is 0.500. The Morgan fingerprint density at radius 1 is 1.37 bits per heavy atom. The lowest BCUT2D eigenvalue weighted by Gasteiger charge is -2.24. The first kappa shape index (κ1) is 14.6. The van der Waals surface area contributed by atoms with Gasteiger partial charge in [-0.15, -0.1) is 11.6 Å². The van der Waals surface area contributed by atoms with Crippen LogP contribution in [-0.2, 0) is 12.4 Å². The summed E-state index contributed by atoms with van der Waals surface area (Å²) in [6, 6.07) is 2.99. The Labute approximate surface area is 122 Å². The molecular formula is C14H17Cl2FN2. The van der Waals surface area contributed by atoms with Crippen molar-refractivity contribution in [2.45, 2.75) is 39.6 Å². The lowest BCUT2D eigenvalue weighted by atomic mass is 9.90. The van der Waals surface area contributed by atoms with E-state index >= 15 is 0 Å². The molecule has 0 spiro atoms. The average Bonchev–Trinajstić information content (AvgIpc) is 2.67. The molecule has 0 amide bonds. The Kier molecular flexibility index (Phi) is 4.07. The van der Waals surface area contributed by atoms with E-state index < -0.39 is 5.82 Å². The van der Waals surface area contributed by atoms with Crippen molar-refractivity contribution in [3.63, 3.8) is 0 Å². The van der Waals surface area contributed by atoms with Crippen LogP contribution in [-0.4, -0.2) is 9.55 Å². The highest BCUT2D eigenvalue weighted by atomic mass is 35.5. The molecule has 5 heteroatoms. The highest BCUT2D eigenvalue weighted by Crippen LogP contribution is 2.29. The molecule has 2 aromatic rings. The summed E-state index contributed by atoms with van der Waals surface area (Å²) in [4.78, 5) is 4.43. The molecule has 0 saturated carbocycles. The summed E-state index contributed by atoms with van der Waals surface area (Å²) in [6.07, 6.45) is 1.02. The zero-order chi connectivity index (χ0) is 14.2. The molecule has 2 rings (SSSR count). The highest BCUT2D eigenvalue weighted by molar-refractivity contribution is 6.31. The predicted molar refractivity (Wildman–Crippen MR) is 78.3 cm³/mol. The van der Waals surface area contributed by atoms with E-state index in [0.29, 0.717) is 11.4 Å². The molecule has 0 N–H and O–H groups in total. The number of hydrogen-bond acceptors (Lipinski definition) is 1. The number of aromatic nitrogens is 2. The van der Waals surface area contributed by atoms with Crippen LogP contribution in [0.15, 0.2) is 12.1 Å². The molecule has 1 aromatic carbocycles. The third-order valence-electron chi connectivity index (χ3n) is 3.53. The van der Waals surface area contributed by atoms with Gasteiger partial charge in [0.05, 0.1) is 21.9 Å². The molecule has 0 saturated heterocycles. The molecule has 19 heavy (non-hydrogen) atoms. The van der Waals surface area contributed by atoms with E-state index in [9.17, 15) is 4.39 Å². The topological polar surface area (TPSA) is 17.8 Å². The van der Waals surface area contributed by atoms with E-state index in [2.05, 4.69) is 25.8 Å². The number of rotatable bonds is 4. The maximum absolute atomic E-state index is 13.7. The molecule has 1 heterocycles. The second kappa shape index (κ2) is 5.29. The number of fused-ring (bicyclic) bond motifs is 1. The Hall–Kier alpha value is -0.800. The number of nitrogens with zero attached hydrogens (tertiary/aromatic N) is 2. The molecule has 0 atom stereocenters. The fourth-order valence-corrected chi connectivity index (χ4v) is 2.35. The molecule has 0 unspecified atom stereocenters. The summed E-state index contributed by atoms with van der Waals surface area (Å²) in [7, 11) is 0. The normalized spacial score (nSPS) is 12.3. The molecule has 0 aliphatic carbocycles. The van der Waals surface area contributed by atoms with Crippen molar-refractivity contribution in [3.05, 3.63) is 28.8 Å². The molecule has 0 aliphatic rings. The second-order valence-corrected chi connectivity index (χ2v) is 6.20. The average molecular weight is 303 g/mol. The van der Waals surface area contributed by atoms with Crippen LogP contribution in [0.4, 0.5) is 4.39 Å². The van der Waals surface area contributed by atoms with Gasteiger partial charge in [0.1, 0.15) is 11.6 Å². The lowest BCUT2D eigenvalue weighted by molar-refractivity contribution is 0.295. The van der Waals surface area contributed by atoms with E-state index in [1.54, 1.807) is 6.07 Å². The highest BCUT2D eigenvalue weighted by Gasteiger charge is 2.20. The summed E-state index contributed by atoms with van der Waals surface area (Å²) < 4.78 is 15.6. The first-order chi connectivity index (χ1) is 8.88. The van der Waals surface area contributed by atoms with E-state index in [1.807, 2.05) is 4.57 Å². The second-order valence-electron chi connectivity index (χ2n) is 5.52. The largest absolute Gasteiger partial charge is 0.326 e. The standard InChI is InChI=1S/C14H17Cl2FN2/c1-4-14(2,3)8-19-12-6-10(17)9(16)5-11(12)18-13(19)7-15/h5-6H,4,7-8H2,1-3H3. The van der Waals surface area contributed by atoms with Crippen LogP contribution in [0, 0.1) is 11.2 Å². The zero-order valence-electron chi connectivity index (χ0n) is 11.3. The number of benzene rings is 1. The lowest BCUT2D eigenvalue weighted by Crippen LogP contribution is -2.20. The van der Waals surface area contributed by atoms with Crippen molar-refractivity contribution in [1.82, 2.24) is 9.55 Å². The summed E-state index contributed by atoms with van der Waals surface area (Å²) >= 11 is 11.7. The van der Waals surface area contributed by atoms with Gasteiger partial charge in [0.25, 0.3) is 0 Å². The quantitative estimate of drug-likeness (QED) is 0.726. The summed E-state index contributed by atoms with van der Waals surface area (Å²) in [5.41, 5.74) is 1.54. The number of imidazole rings is 1. The molecule has 0 radical (unpaired) electrons. The minimum Gasteiger partial charge on any atom is -0.326 e. The van der Waals surface area contributed by atoms with Gasteiger partial charge in [0.15, 0.2) is 0 Å². The zero-order valence-corrected chi connectivity index (χ0v) is 12.8. The van der Waals surface area contributed by atoms with Crippen molar-refractivity contribution in [3.8, 4) is 0 Å². The summed E-state index contributed by atoms with van der Waals surface area (Å²) in [5, 5.41) is 0.0908. The van der Waals surface area contributed by atoms with Crippen LogP contribution >= 0.6 is 23.2 Å². The first-order valence-corrected chi connectivity index (χ1v) is 7.19. The maximum atomic E-state index is 13.7. The van der Waals surface area contributed by atoms with Crippen molar-refractivity contribution in [2.24, 2.45) is 5.41 Å². The fourth-order valence-electron chi connectivity index (χ4n) is 1.99. The van der Waals surface area contributed by atoms with Crippen molar-refractivity contribution < 1.29 is 4.39 Å². The number of hydrogen-bond donors (Lipinski definition) is 0. The smallest absolute Gasteiger partial charge is 0.144 e. The number of alkyl halides is 1. The SMILES string of the molecule is CCC(C)(C)Cn1c(CCl)nc2cc(Cl)c(F)cc21. The molecule has 2 nitrogen and oxygen atoms in total. The molecular weight excluding hydrogens is 286 g/mol. The van der Waals surface area contributed by atoms with Crippen LogP contribution in [0.1, 0.15) is 33.0 Å². The molecule has 1 aromatic heterocycles. The van der Waals surface area contributed by atoms with Crippen LogP contribution in [0.3, 0.4) is 0 Å². The Bertz CT molecular complexity index is 605. The van der Waals surface area contributed by atoms with Crippen LogP contribution in [0.5, 0.6) is 0 Å². The molecule has 104 valence electrons. The summed E-state index contributed by atoms with van der Waals surface area (Å²) in [5.74, 6) is 0.624. The molecule has 0 bridgehead atoms. The minimum absolute atomic E-state index is 0.0908. The van der Waals surface area contributed by atoms with Gasteiger partial charge >= 0.3 is 0 Å². The summed E-state index contributed by atoms with van der Waals surface area (Å²) in [6.45, 7) is 7.23. The van der Waals surface area contributed by atoms with Gasteiger partial charge < -0.3 is 4.57 Å². The third-order valence-corrected chi connectivity index (χ3v) is 4.06. The Morgan fingerprint density at radius 3 is 2.63 bits per heavy atom.